The average molecular weight is 375 g/mol. The summed E-state index contributed by atoms with van der Waals surface area (Å²) in [5.41, 5.74) is 3.37. The van der Waals surface area contributed by atoms with Crippen LogP contribution in [0.25, 0.3) is 0 Å². The fraction of sp³-hybridized carbons (Fsp3) is 0.136. The minimum absolute atomic E-state index is 0.238. The molecule has 0 aliphatic carbocycles. The number of amides is 1. The topological polar surface area (TPSA) is 80.3 Å². The quantitative estimate of drug-likeness (QED) is 0.623. The second kappa shape index (κ2) is 8.81. The predicted molar refractivity (Wildman–Crippen MR) is 109 cm³/mol. The summed E-state index contributed by atoms with van der Waals surface area (Å²) in [7, 11) is 1.33. The Hall–Kier alpha value is -3.67. The van der Waals surface area contributed by atoms with E-state index in [2.05, 4.69) is 22.5 Å². The van der Waals surface area contributed by atoms with E-state index in [1.807, 2.05) is 24.3 Å². The molecule has 3 aromatic rings. The van der Waals surface area contributed by atoms with Crippen molar-refractivity contribution in [1.29, 1.82) is 0 Å². The van der Waals surface area contributed by atoms with Crippen LogP contribution < -0.4 is 10.6 Å². The van der Waals surface area contributed by atoms with Gasteiger partial charge in [0, 0.05) is 11.9 Å². The zero-order valence-electron chi connectivity index (χ0n) is 15.7. The highest BCUT2D eigenvalue weighted by Gasteiger charge is 2.12. The maximum atomic E-state index is 12.4. The Bertz CT molecular complexity index is 967. The molecular weight excluding hydrogens is 354 g/mol. The van der Waals surface area contributed by atoms with E-state index in [0.717, 1.165) is 12.1 Å². The van der Waals surface area contributed by atoms with E-state index in [0.29, 0.717) is 22.6 Å². The summed E-state index contributed by atoms with van der Waals surface area (Å²) in [6, 6.07) is 18.1. The van der Waals surface area contributed by atoms with Gasteiger partial charge in [-0.2, -0.15) is 0 Å². The predicted octanol–water partition coefficient (Wildman–Crippen LogP) is 4.43. The minimum atomic E-state index is -0.437. The number of methoxy groups -OCH3 is 1. The number of aromatic nitrogens is 1. The molecule has 0 radical (unpaired) electrons. The van der Waals surface area contributed by atoms with E-state index in [-0.39, 0.29) is 5.91 Å². The molecule has 6 nitrogen and oxygen atoms in total. The van der Waals surface area contributed by atoms with Gasteiger partial charge in [-0.25, -0.2) is 9.78 Å². The molecule has 0 bridgehead atoms. The zero-order chi connectivity index (χ0) is 19.9. The molecule has 1 aromatic heterocycles. The first-order valence-electron chi connectivity index (χ1n) is 8.91. The maximum absolute atomic E-state index is 12.4. The number of ether oxygens (including phenoxy) is 1. The maximum Gasteiger partial charge on any atom is 0.339 e. The Morgan fingerprint density at radius 1 is 1.00 bits per heavy atom. The van der Waals surface area contributed by atoms with Crippen LogP contribution in [0.5, 0.6) is 0 Å². The third kappa shape index (κ3) is 4.54. The van der Waals surface area contributed by atoms with Gasteiger partial charge in [0.05, 0.1) is 23.9 Å². The zero-order valence-corrected chi connectivity index (χ0v) is 15.7. The van der Waals surface area contributed by atoms with Crippen molar-refractivity contribution in [2.45, 2.75) is 13.3 Å². The van der Waals surface area contributed by atoms with Gasteiger partial charge in [-0.1, -0.05) is 31.2 Å². The lowest BCUT2D eigenvalue weighted by Crippen LogP contribution is -2.12. The SMILES string of the molecule is CCc1ccc(NC(=O)c2ccc(Nc3ccccc3C(=O)OC)nc2)cc1. The molecule has 3 rings (SSSR count). The van der Waals surface area contributed by atoms with Gasteiger partial charge in [-0.15, -0.1) is 0 Å². The van der Waals surface area contributed by atoms with Gasteiger partial charge < -0.3 is 15.4 Å². The fourth-order valence-corrected chi connectivity index (χ4v) is 2.65. The van der Waals surface area contributed by atoms with Gasteiger partial charge in [0.1, 0.15) is 5.82 Å². The van der Waals surface area contributed by atoms with E-state index < -0.39 is 5.97 Å². The van der Waals surface area contributed by atoms with Gasteiger partial charge in [0.15, 0.2) is 0 Å². The summed E-state index contributed by atoms with van der Waals surface area (Å²) in [5.74, 6) is -0.161. The van der Waals surface area contributed by atoms with Crippen LogP contribution in [0.2, 0.25) is 0 Å². The van der Waals surface area contributed by atoms with Crippen LogP contribution in [0.1, 0.15) is 33.2 Å². The van der Waals surface area contributed by atoms with Crippen LogP contribution in [0.4, 0.5) is 17.2 Å². The van der Waals surface area contributed by atoms with Crippen molar-refractivity contribution < 1.29 is 14.3 Å². The Kier molecular flexibility index (Phi) is 6.01. The molecule has 142 valence electrons. The van der Waals surface area contributed by atoms with E-state index >= 15 is 0 Å². The van der Waals surface area contributed by atoms with Crippen molar-refractivity contribution in [3.8, 4) is 0 Å². The number of nitrogens with one attached hydrogen (secondary N) is 2. The Morgan fingerprint density at radius 2 is 1.75 bits per heavy atom. The molecular formula is C22H21N3O3. The Labute approximate surface area is 163 Å². The molecule has 0 aliphatic heterocycles. The van der Waals surface area contributed by atoms with Crippen LogP contribution in [0.15, 0.2) is 66.9 Å². The number of anilines is 3. The second-order valence-corrected chi connectivity index (χ2v) is 6.10. The molecule has 28 heavy (non-hydrogen) atoms. The number of carbonyl (C=O) groups excluding carboxylic acids is 2. The van der Waals surface area contributed by atoms with Crippen LogP contribution in [-0.2, 0) is 11.2 Å². The number of para-hydroxylation sites is 1. The van der Waals surface area contributed by atoms with Crippen molar-refractivity contribution in [1.82, 2.24) is 4.98 Å². The third-order valence-corrected chi connectivity index (χ3v) is 4.24. The molecule has 2 N–H and O–H groups in total. The molecule has 1 heterocycles. The highest BCUT2D eigenvalue weighted by molar-refractivity contribution is 6.04. The summed E-state index contributed by atoms with van der Waals surface area (Å²) < 4.78 is 4.78. The molecule has 0 fully saturated rings. The van der Waals surface area contributed by atoms with Crippen LogP contribution in [0.3, 0.4) is 0 Å². The molecule has 0 spiro atoms. The molecule has 2 aromatic carbocycles. The minimum Gasteiger partial charge on any atom is -0.465 e. The highest BCUT2D eigenvalue weighted by Crippen LogP contribution is 2.20. The van der Waals surface area contributed by atoms with E-state index in [4.69, 9.17) is 4.74 Å². The smallest absolute Gasteiger partial charge is 0.339 e. The van der Waals surface area contributed by atoms with Crippen LogP contribution >= 0.6 is 0 Å². The molecule has 0 saturated heterocycles. The summed E-state index contributed by atoms with van der Waals surface area (Å²) in [6.07, 6.45) is 2.44. The lowest BCUT2D eigenvalue weighted by Gasteiger charge is -2.10. The number of aryl methyl sites for hydroxylation is 1. The first-order chi connectivity index (χ1) is 13.6. The first kappa shape index (κ1) is 19.1. The number of rotatable bonds is 6. The number of hydrogen-bond acceptors (Lipinski definition) is 5. The van der Waals surface area contributed by atoms with Gasteiger partial charge >= 0.3 is 5.97 Å². The largest absolute Gasteiger partial charge is 0.465 e. The van der Waals surface area contributed by atoms with E-state index in [1.165, 1.54) is 18.9 Å². The molecule has 1 amide bonds. The molecule has 0 aliphatic rings. The number of hydrogen-bond donors (Lipinski definition) is 2. The van der Waals surface area contributed by atoms with E-state index in [9.17, 15) is 9.59 Å². The lowest BCUT2D eigenvalue weighted by atomic mass is 10.1. The van der Waals surface area contributed by atoms with Gasteiger partial charge in [0.25, 0.3) is 5.91 Å². The highest BCUT2D eigenvalue weighted by atomic mass is 16.5. The van der Waals surface area contributed by atoms with Crippen LogP contribution in [0, 0.1) is 0 Å². The van der Waals surface area contributed by atoms with Crippen molar-refractivity contribution in [2.75, 3.05) is 17.7 Å². The van der Waals surface area contributed by atoms with Gasteiger partial charge in [-0.05, 0) is 48.4 Å². The summed E-state index contributed by atoms with van der Waals surface area (Å²) in [4.78, 5) is 28.5. The third-order valence-electron chi connectivity index (χ3n) is 4.24. The fourth-order valence-electron chi connectivity index (χ4n) is 2.65. The second-order valence-electron chi connectivity index (χ2n) is 6.10. The van der Waals surface area contributed by atoms with E-state index in [1.54, 1.807) is 36.4 Å². The van der Waals surface area contributed by atoms with Crippen LogP contribution in [-0.4, -0.2) is 24.0 Å². The lowest BCUT2D eigenvalue weighted by molar-refractivity contribution is 0.0601. The number of pyridine rings is 1. The monoisotopic (exact) mass is 375 g/mol. The normalized spacial score (nSPS) is 10.2. The Morgan fingerprint density at radius 3 is 2.39 bits per heavy atom. The van der Waals surface area contributed by atoms with Gasteiger partial charge in [-0.3, -0.25) is 4.79 Å². The summed E-state index contributed by atoms with van der Waals surface area (Å²) in [5, 5.41) is 5.92. The van der Waals surface area contributed by atoms with Crippen molar-refractivity contribution in [3.63, 3.8) is 0 Å². The van der Waals surface area contributed by atoms with Gasteiger partial charge in [0.2, 0.25) is 0 Å². The summed E-state index contributed by atoms with van der Waals surface area (Å²) in [6.45, 7) is 2.08. The molecule has 0 atom stereocenters. The van der Waals surface area contributed by atoms with Crippen molar-refractivity contribution in [2.24, 2.45) is 0 Å². The number of carbonyl (C=O) groups is 2. The van der Waals surface area contributed by atoms with Crippen molar-refractivity contribution >= 4 is 29.1 Å². The molecule has 0 saturated carbocycles. The first-order valence-corrected chi connectivity index (χ1v) is 8.91. The number of esters is 1. The Balaban J connectivity index is 1.69. The van der Waals surface area contributed by atoms with Crippen molar-refractivity contribution in [3.05, 3.63) is 83.6 Å². The molecule has 0 unspecified atom stereocenters. The number of benzene rings is 2. The molecule has 6 heteroatoms. The average Bonchev–Trinajstić information content (AvgIpc) is 2.74. The standard InChI is InChI=1S/C22H21N3O3/c1-3-15-8-11-17(12-9-15)24-21(26)16-10-13-20(23-14-16)25-19-7-5-4-6-18(19)22(27)28-2/h4-14H,3H2,1-2H3,(H,23,25)(H,24,26). The number of nitrogens with zero attached hydrogens (tertiary/aromatic N) is 1. The summed E-state index contributed by atoms with van der Waals surface area (Å²) >= 11 is 0.